The molecule has 1 aliphatic rings. The molecule has 3 aromatic rings. The van der Waals surface area contributed by atoms with Crippen molar-refractivity contribution in [3.8, 4) is 0 Å². The predicted molar refractivity (Wildman–Crippen MR) is 96.2 cm³/mol. The fourth-order valence-corrected chi connectivity index (χ4v) is 3.64. The summed E-state index contributed by atoms with van der Waals surface area (Å²) < 4.78 is 5.58. The lowest BCUT2D eigenvalue weighted by Crippen LogP contribution is -2.39. The fraction of sp³-hybridized carbons (Fsp3) is 0.400. The average molecular weight is 337 g/mol. The van der Waals surface area contributed by atoms with E-state index in [0.29, 0.717) is 12.8 Å². The van der Waals surface area contributed by atoms with Crippen LogP contribution < -0.4 is 0 Å². The van der Waals surface area contributed by atoms with Crippen LogP contribution in [0.2, 0.25) is 0 Å². The van der Waals surface area contributed by atoms with Crippen LogP contribution >= 0.6 is 0 Å². The normalized spacial score (nSPS) is 18.0. The van der Waals surface area contributed by atoms with Crippen molar-refractivity contribution < 1.29 is 9.21 Å². The monoisotopic (exact) mass is 337 g/mol. The summed E-state index contributed by atoms with van der Waals surface area (Å²) in [6, 6.07) is 12.0. The summed E-state index contributed by atoms with van der Waals surface area (Å²) in [4.78, 5) is 22.9. The molecule has 5 nitrogen and oxygen atoms in total. The highest BCUT2D eigenvalue weighted by molar-refractivity contribution is 5.78. The summed E-state index contributed by atoms with van der Waals surface area (Å²) in [6.07, 6.45) is 4.27. The predicted octanol–water partition coefficient (Wildman–Crippen LogP) is 4.15. The minimum Gasteiger partial charge on any atom is -0.466 e. The number of carbonyl (C=O) groups excluding carboxylic acids is 1. The second kappa shape index (κ2) is 6.75. The summed E-state index contributed by atoms with van der Waals surface area (Å²) >= 11 is 0. The second-order valence-corrected chi connectivity index (χ2v) is 6.75. The molecule has 0 bridgehead atoms. The van der Waals surface area contributed by atoms with E-state index in [-0.39, 0.29) is 11.9 Å². The van der Waals surface area contributed by atoms with E-state index in [9.17, 15) is 4.79 Å². The molecule has 1 N–H and O–H groups in total. The Morgan fingerprint density at radius 2 is 2.16 bits per heavy atom. The van der Waals surface area contributed by atoms with Gasteiger partial charge in [0.25, 0.3) is 0 Å². The summed E-state index contributed by atoms with van der Waals surface area (Å²) in [5.41, 5.74) is 1.99. The number of hydrogen-bond donors (Lipinski definition) is 1. The number of para-hydroxylation sites is 2. The van der Waals surface area contributed by atoms with Crippen LogP contribution in [0.4, 0.5) is 0 Å². The highest BCUT2D eigenvalue weighted by atomic mass is 16.3. The number of aromatic amines is 1. The lowest BCUT2D eigenvalue weighted by molar-refractivity contribution is -0.135. The Balaban J connectivity index is 1.50. The van der Waals surface area contributed by atoms with Gasteiger partial charge in [-0.25, -0.2) is 4.98 Å². The van der Waals surface area contributed by atoms with E-state index in [0.717, 1.165) is 54.2 Å². The molecule has 1 aromatic carbocycles. The SMILES string of the molecule is Cc1ccc(CCC(=O)N2CCCC[C@@H]2c2nc3ccccc3[nH]2)o1. The number of hydrogen-bond acceptors (Lipinski definition) is 3. The Bertz CT molecular complexity index is 847. The Morgan fingerprint density at radius 1 is 1.28 bits per heavy atom. The van der Waals surface area contributed by atoms with E-state index >= 15 is 0 Å². The van der Waals surface area contributed by atoms with Gasteiger partial charge in [0, 0.05) is 19.4 Å². The van der Waals surface area contributed by atoms with Gasteiger partial charge in [0.1, 0.15) is 17.3 Å². The van der Waals surface area contributed by atoms with Crippen LogP contribution in [0, 0.1) is 6.92 Å². The third kappa shape index (κ3) is 3.31. The number of nitrogens with one attached hydrogen (secondary N) is 1. The van der Waals surface area contributed by atoms with E-state index in [4.69, 9.17) is 9.40 Å². The number of aromatic nitrogens is 2. The van der Waals surface area contributed by atoms with Crippen molar-refractivity contribution in [3.05, 3.63) is 53.7 Å². The number of benzene rings is 1. The first-order chi connectivity index (χ1) is 12.2. The van der Waals surface area contributed by atoms with Gasteiger partial charge in [-0.05, 0) is 50.5 Å². The maximum atomic E-state index is 12.8. The number of aryl methyl sites for hydroxylation is 2. The van der Waals surface area contributed by atoms with E-state index in [1.165, 1.54) is 0 Å². The number of amides is 1. The number of rotatable bonds is 4. The van der Waals surface area contributed by atoms with Crippen LogP contribution in [0.3, 0.4) is 0 Å². The largest absolute Gasteiger partial charge is 0.466 e. The van der Waals surface area contributed by atoms with Crippen LogP contribution in [-0.4, -0.2) is 27.3 Å². The third-order valence-corrected chi connectivity index (χ3v) is 4.93. The molecule has 0 unspecified atom stereocenters. The van der Waals surface area contributed by atoms with E-state index < -0.39 is 0 Å². The van der Waals surface area contributed by atoms with Gasteiger partial charge in [0.2, 0.25) is 5.91 Å². The van der Waals surface area contributed by atoms with Gasteiger partial charge in [0.05, 0.1) is 17.1 Å². The molecule has 5 heteroatoms. The van der Waals surface area contributed by atoms with Crippen molar-refractivity contribution in [3.63, 3.8) is 0 Å². The molecule has 2 aromatic heterocycles. The summed E-state index contributed by atoms with van der Waals surface area (Å²) in [5.74, 6) is 2.85. The molecule has 1 atom stereocenters. The molecule has 130 valence electrons. The molecule has 1 fully saturated rings. The highest BCUT2D eigenvalue weighted by Gasteiger charge is 2.30. The number of furan rings is 1. The average Bonchev–Trinajstić information content (AvgIpc) is 3.25. The maximum absolute atomic E-state index is 12.8. The number of carbonyl (C=O) groups is 1. The van der Waals surface area contributed by atoms with Crippen molar-refractivity contribution in [2.45, 2.75) is 45.1 Å². The molecule has 1 aliphatic heterocycles. The molecule has 0 radical (unpaired) electrons. The van der Waals surface area contributed by atoms with Crippen molar-refractivity contribution >= 4 is 16.9 Å². The van der Waals surface area contributed by atoms with E-state index in [1.54, 1.807) is 0 Å². The molecule has 3 heterocycles. The van der Waals surface area contributed by atoms with Crippen molar-refractivity contribution in [2.75, 3.05) is 6.54 Å². The number of imidazole rings is 1. The van der Waals surface area contributed by atoms with Gasteiger partial charge in [0.15, 0.2) is 0 Å². The first-order valence-electron chi connectivity index (χ1n) is 9.00. The summed E-state index contributed by atoms with van der Waals surface area (Å²) in [7, 11) is 0. The lowest BCUT2D eigenvalue weighted by Gasteiger charge is -2.34. The lowest BCUT2D eigenvalue weighted by atomic mass is 10.0. The summed E-state index contributed by atoms with van der Waals surface area (Å²) in [5, 5.41) is 0. The van der Waals surface area contributed by atoms with Crippen molar-refractivity contribution in [1.82, 2.24) is 14.9 Å². The van der Waals surface area contributed by atoms with E-state index in [2.05, 4.69) is 4.98 Å². The summed E-state index contributed by atoms with van der Waals surface area (Å²) in [6.45, 7) is 2.73. The number of H-pyrrole nitrogens is 1. The van der Waals surface area contributed by atoms with Gasteiger partial charge < -0.3 is 14.3 Å². The van der Waals surface area contributed by atoms with Crippen LogP contribution in [0.5, 0.6) is 0 Å². The Hall–Kier alpha value is -2.56. The second-order valence-electron chi connectivity index (χ2n) is 6.75. The fourth-order valence-electron chi connectivity index (χ4n) is 3.64. The molecule has 1 saturated heterocycles. The quantitative estimate of drug-likeness (QED) is 0.778. The van der Waals surface area contributed by atoms with Gasteiger partial charge in [-0.2, -0.15) is 0 Å². The van der Waals surface area contributed by atoms with Crippen LogP contribution in [0.1, 0.15) is 49.1 Å². The first kappa shape index (κ1) is 15.9. The van der Waals surface area contributed by atoms with Gasteiger partial charge in [-0.15, -0.1) is 0 Å². The number of likely N-dealkylation sites (tertiary alicyclic amines) is 1. The van der Waals surface area contributed by atoms with E-state index in [1.807, 2.05) is 48.2 Å². The Kier molecular flexibility index (Phi) is 4.30. The molecule has 25 heavy (non-hydrogen) atoms. The van der Waals surface area contributed by atoms with Gasteiger partial charge >= 0.3 is 0 Å². The highest BCUT2D eigenvalue weighted by Crippen LogP contribution is 2.31. The Labute approximate surface area is 147 Å². The van der Waals surface area contributed by atoms with Crippen molar-refractivity contribution in [2.24, 2.45) is 0 Å². The van der Waals surface area contributed by atoms with Gasteiger partial charge in [-0.1, -0.05) is 12.1 Å². The van der Waals surface area contributed by atoms with Crippen LogP contribution in [0.25, 0.3) is 11.0 Å². The molecular weight excluding hydrogens is 314 g/mol. The Morgan fingerprint density at radius 3 is 2.96 bits per heavy atom. The zero-order valence-electron chi connectivity index (χ0n) is 14.5. The van der Waals surface area contributed by atoms with Crippen molar-refractivity contribution in [1.29, 1.82) is 0 Å². The number of nitrogens with zero attached hydrogens (tertiary/aromatic N) is 2. The molecule has 0 saturated carbocycles. The smallest absolute Gasteiger partial charge is 0.223 e. The third-order valence-electron chi connectivity index (χ3n) is 4.93. The zero-order chi connectivity index (χ0) is 17.2. The standard InChI is InChI=1S/C20H23N3O2/c1-14-9-10-15(25-14)11-12-19(24)23-13-5-4-8-18(23)20-21-16-6-2-3-7-17(16)22-20/h2-3,6-7,9-10,18H,4-5,8,11-13H2,1H3,(H,21,22)/t18-/m1/s1. The van der Waals surface area contributed by atoms with Gasteiger partial charge in [-0.3, -0.25) is 4.79 Å². The molecule has 1 amide bonds. The molecule has 4 rings (SSSR count). The number of piperidine rings is 1. The molecule has 0 spiro atoms. The maximum Gasteiger partial charge on any atom is 0.223 e. The van der Waals surface area contributed by atoms with Crippen LogP contribution in [0.15, 0.2) is 40.8 Å². The minimum absolute atomic E-state index is 0.0481. The number of fused-ring (bicyclic) bond motifs is 1. The first-order valence-corrected chi connectivity index (χ1v) is 9.00. The molecule has 0 aliphatic carbocycles. The zero-order valence-corrected chi connectivity index (χ0v) is 14.5. The minimum atomic E-state index is 0.0481. The van der Waals surface area contributed by atoms with Crippen LogP contribution in [-0.2, 0) is 11.2 Å². The topological polar surface area (TPSA) is 62.1 Å². The molecular formula is C20H23N3O2.